The van der Waals surface area contributed by atoms with Gasteiger partial charge in [-0.2, -0.15) is 0 Å². The number of ether oxygens (including phenoxy) is 1. The number of nitrogens with one attached hydrogen (secondary N) is 1. The van der Waals surface area contributed by atoms with Crippen molar-refractivity contribution in [1.82, 2.24) is 10.2 Å². The average Bonchev–Trinajstić information content (AvgIpc) is 2.63. The number of carbonyl (C=O) groups excluding carboxylic acids is 2. The number of hydrogen-bond donors (Lipinski definition) is 1. The lowest BCUT2D eigenvalue weighted by Crippen LogP contribution is -2.41. The fraction of sp³-hybridized carbons (Fsp3) is 0.818. The van der Waals surface area contributed by atoms with E-state index in [2.05, 4.69) is 10.1 Å². The van der Waals surface area contributed by atoms with Crippen molar-refractivity contribution in [3.63, 3.8) is 0 Å². The maximum absolute atomic E-state index is 11.9. The number of alkyl carbamates (subject to hydrolysis) is 1. The molecule has 0 spiro atoms. The fourth-order valence-electron chi connectivity index (χ4n) is 1.76. The quantitative estimate of drug-likeness (QED) is 0.728. The van der Waals surface area contributed by atoms with Crippen LogP contribution in [-0.4, -0.2) is 43.1 Å². The Bertz CT molecular complexity index is 283. The van der Waals surface area contributed by atoms with Gasteiger partial charge in [-0.05, 0) is 6.42 Å². The van der Waals surface area contributed by atoms with Crippen molar-refractivity contribution in [2.75, 3.05) is 20.2 Å². The topological polar surface area (TPSA) is 58.6 Å². The Kier molecular flexibility index (Phi) is 3.78. The number of rotatable bonds is 1. The zero-order valence-electron chi connectivity index (χ0n) is 10.4. The summed E-state index contributed by atoms with van der Waals surface area (Å²) in [7, 11) is 1.34. The van der Waals surface area contributed by atoms with E-state index in [0.717, 1.165) is 6.42 Å². The maximum atomic E-state index is 11.9. The molecule has 1 N–H and O–H groups in total. The van der Waals surface area contributed by atoms with Gasteiger partial charge in [0.2, 0.25) is 5.91 Å². The highest BCUT2D eigenvalue weighted by Crippen LogP contribution is 2.21. The Morgan fingerprint density at radius 1 is 1.38 bits per heavy atom. The molecule has 5 nitrogen and oxygen atoms in total. The van der Waals surface area contributed by atoms with Gasteiger partial charge in [0.25, 0.3) is 0 Å². The summed E-state index contributed by atoms with van der Waals surface area (Å²) in [4.78, 5) is 24.7. The highest BCUT2D eigenvalue weighted by molar-refractivity contribution is 5.82. The van der Waals surface area contributed by atoms with Crippen LogP contribution >= 0.6 is 0 Å². The third kappa shape index (κ3) is 3.12. The van der Waals surface area contributed by atoms with Crippen LogP contribution < -0.4 is 5.32 Å². The molecule has 0 bridgehead atoms. The summed E-state index contributed by atoms with van der Waals surface area (Å²) >= 11 is 0. The smallest absolute Gasteiger partial charge is 0.407 e. The summed E-state index contributed by atoms with van der Waals surface area (Å²) in [5.74, 6) is 0.127. The highest BCUT2D eigenvalue weighted by atomic mass is 16.5. The molecule has 0 aromatic carbocycles. The van der Waals surface area contributed by atoms with E-state index in [9.17, 15) is 9.59 Å². The Hall–Kier alpha value is -1.26. The first-order valence-electron chi connectivity index (χ1n) is 5.48. The van der Waals surface area contributed by atoms with Crippen LogP contribution in [0.5, 0.6) is 0 Å². The van der Waals surface area contributed by atoms with Crippen LogP contribution in [0.2, 0.25) is 0 Å². The first kappa shape index (κ1) is 12.8. The van der Waals surface area contributed by atoms with E-state index in [1.807, 2.05) is 20.8 Å². The van der Waals surface area contributed by atoms with Gasteiger partial charge in [0.05, 0.1) is 13.2 Å². The lowest BCUT2D eigenvalue weighted by atomic mass is 9.95. The Labute approximate surface area is 96.1 Å². The molecule has 1 saturated heterocycles. The summed E-state index contributed by atoms with van der Waals surface area (Å²) in [6, 6.07) is 0.0127. The third-order valence-electron chi connectivity index (χ3n) is 2.62. The number of methoxy groups -OCH3 is 1. The fourth-order valence-corrected chi connectivity index (χ4v) is 1.76. The van der Waals surface area contributed by atoms with E-state index in [-0.39, 0.29) is 17.4 Å². The van der Waals surface area contributed by atoms with E-state index in [0.29, 0.717) is 13.1 Å². The van der Waals surface area contributed by atoms with Crippen molar-refractivity contribution in [2.45, 2.75) is 33.2 Å². The van der Waals surface area contributed by atoms with E-state index in [1.165, 1.54) is 7.11 Å². The average molecular weight is 228 g/mol. The van der Waals surface area contributed by atoms with Crippen LogP contribution in [0, 0.1) is 5.41 Å². The van der Waals surface area contributed by atoms with Crippen molar-refractivity contribution >= 4 is 12.0 Å². The van der Waals surface area contributed by atoms with E-state index in [4.69, 9.17) is 0 Å². The second-order valence-electron chi connectivity index (χ2n) is 5.12. The van der Waals surface area contributed by atoms with Gasteiger partial charge < -0.3 is 15.0 Å². The summed E-state index contributed by atoms with van der Waals surface area (Å²) in [6.07, 6.45) is 0.353. The predicted molar refractivity (Wildman–Crippen MR) is 60.0 cm³/mol. The second-order valence-corrected chi connectivity index (χ2v) is 5.12. The lowest BCUT2D eigenvalue weighted by molar-refractivity contribution is -0.138. The zero-order valence-corrected chi connectivity index (χ0v) is 10.4. The number of amides is 2. The van der Waals surface area contributed by atoms with Crippen LogP contribution in [0.3, 0.4) is 0 Å². The number of carbonyl (C=O) groups is 2. The van der Waals surface area contributed by atoms with Crippen molar-refractivity contribution in [3.8, 4) is 0 Å². The molecule has 0 radical (unpaired) electrons. The molecule has 1 aliphatic rings. The predicted octanol–water partition coefficient (Wildman–Crippen LogP) is 0.989. The van der Waals surface area contributed by atoms with Crippen LogP contribution in [0.1, 0.15) is 27.2 Å². The van der Waals surface area contributed by atoms with Gasteiger partial charge >= 0.3 is 6.09 Å². The molecule has 0 aromatic rings. The van der Waals surface area contributed by atoms with Gasteiger partial charge in [-0.1, -0.05) is 20.8 Å². The second kappa shape index (κ2) is 4.72. The summed E-state index contributed by atoms with van der Waals surface area (Å²) in [5, 5.41) is 2.71. The minimum absolute atomic E-state index is 0.0127. The van der Waals surface area contributed by atoms with Crippen molar-refractivity contribution in [1.29, 1.82) is 0 Å². The van der Waals surface area contributed by atoms with Gasteiger partial charge in [-0.3, -0.25) is 4.79 Å². The molecule has 16 heavy (non-hydrogen) atoms. The molecular formula is C11H20N2O3. The number of nitrogens with zero attached hydrogens (tertiary/aromatic N) is 1. The zero-order chi connectivity index (χ0) is 12.3. The molecule has 1 heterocycles. The number of likely N-dealkylation sites (tertiary alicyclic amines) is 1. The molecule has 0 aromatic heterocycles. The molecule has 92 valence electrons. The molecule has 1 fully saturated rings. The molecule has 5 heteroatoms. The molecule has 2 amide bonds. The van der Waals surface area contributed by atoms with Crippen LogP contribution in [0.4, 0.5) is 4.79 Å². The largest absolute Gasteiger partial charge is 0.453 e. The van der Waals surface area contributed by atoms with Crippen molar-refractivity contribution in [3.05, 3.63) is 0 Å². The molecule has 1 unspecified atom stereocenters. The van der Waals surface area contributed by atoms with Gasteiger partial charge in [-0.15, -0.1) is 0 Å². The minimum Gasteiger partial charge on any atom is -0.453 e. The third-order valence-corrected chi connectivity index (χ3v) is 2.62. The SMILES string of the molecule is COC(=O)NC1CCN(C(=O)C(C)(C)C)C1. The first-order valence-corrected chi connectivity index (χ1v) is 5.48. The Morgan fingerprint density at radius 2 is 2.00 bits per heavy atom. The van der Waals surface area contributed by atoms with Crippen molar-refractivity contribution < 1.29 is 14.3 Å². The maximum Gasteiger partial charge on any atom is 0.407 e. The molecule has 1 atom stereocenters. The standard InChI is InChI=1S/C11H20N2O3/c1-11(2,3)9(14)13-6-5-8(7-13)12-10(15)16-4/h8H,5-7H2,1-4H3,(H,12,15). The Morgan fingerprint density at radius 3 is 2.50 bits per heavy atom. The molecule has 1 aliphatic heterocycles. The van der Waals surface area contributed by atoms with Gasteiger partial charge in [0.15, 0.2) is 0 Å². The van der Waals surface area contributed by atoms with Crippen LogP contribution in [0.15, 0.2) is 0 Å². The van der Waals surface area contributed by atoms with Gasteiger partial charge in [0, 0.05) is 18.5 Å². The first-order chi connectivity index (χ1) is 7.34. The highest BCUT2D eigenvalue weighted by Gasteiger charge is 2.33. The monoisotopic (exact) mass is 228 g/mol. The molecular weight excluding hydrogens is 208 g/mol. The summed E-state index contributed by atoms with van der Waals surface area (Å²) < 4.78 is 4.52. The normalized spacial score (nSPS) is 20.8. The minimum atomic E-state index is -0.435. The van der Waals surface area contributed by atoms with E-state index >= 15 is 0 Å². The van der Waals surface area contributed by atoms with Crippen LogP contribution in [-0.2, 0) is 9.53 Å². The summed E-state index contributed by atoms with van der Waals surface area (Å²) in [5.41, 5.74) is -0.361. The number of hydrogen-bond acceptors (Lipinski definition) is 3. The van der Waals surface area contributed by atoms with Gasteiger partial charge in [0.1, 0.15) is 0 Å². The summed E-state index contributed by atoms with van der Waals surface area (Å²) in [6.45, 7) is 6.97. The molecule has 0 aliphatic carbocycles. The molecule has 0 saturated carbocycles. The van der Waals surface area contributed by atoms with Crippen LogP contribution in [0.25, 0.3) is 0 Å². The molecule has 1 rings (SSSR count). The van der Waals surface area contributed by atoms with E-state index < -0.39 is 6.09 Å². The Balaban J connectivity index is 2.47. The van der Waals surface area contributed by atoms with Crippen molar-refractivity contribution in [2.24, 2.45) is 5.41 Å². The van der Waals surface area contributed by atoms with E-state index in [1.54, 1.807) is 4.90 Å². The van der Waals surface area contributed by atoms with Gasteiger partial charge in [-0.25, -0.2) is 4.79 Å². The lowest BCUT2D eigenvalue weighted by Gasteiger charge is -2.25.